The Kier molecular flexibility index (Phi) is 8.73. The van der Waals surface area contributed by atoms with Gasteiger partial charge in [-0.2, -0.15) is 0 Å². The van der Waals surface area contributed by atoms with E-state index in [0.717, 1.165) is 45.1 Å². The van der Waals surface area contributed by atoms with Crippen LogP contribution in [0.4, 0.5) is 0 Å². The van der Waals surface area contributed by atoms with Crippen LogP contribution >= 0.6 is 12.4 Å². The third kappa shape index (κ3) is 5.10. The summed E-state index contributed by atoms with van der Waals surface area (Å²) < 4.78 is 6.15. The predicted molar refractivity (Wildman–Crippen MR) is 92.2 cm³/mol. The second kappa shape index (κ2) is 9.74. The predicted octanol–water partition coefficient (Wildman–Crippen LogP) is 3.03. The van der Waals surface area contributed by atoms with Gasteiger partial charge < -0.3 is 15.8 Å². The molecule has 0 aromatic heterocycles. The lowest BCUT2D eigenvalue weighted by atomic mass is 9.84. The van der Waals surface area contributed by atoms with Gasteiger partial charge in [0.05, 0.1) is 5.60 Å². The fraction of sp³-hybridized carbons (Fsp3) is 0.941. The Morgan fingerprint density at radius 3 is 2.59 bits per heavy atom. The Balaban J connectivity index is 0.00000242. The van der Waals surface area contributed by atoms with E-state index in [1.54, 1.807) is 0 Å². The van der Waals surface area contributed by atoms with Crippen molar-refractivity contribution in [2.24, 2.45) is 17.6 Å². The summed E-state index contributed by atoms with van der Waals surface area (Å²) >= 11 is 0. The first-order valence-corrected chi connectivity index (χ1v) is 8.82. The summed E-state index contributed by atoms with van der Waals surface area (Å²) in [6, 6.07) is 0. The molecule has 2 fully saturated rings. The maximum absolute atomic E-state index is 12.5. The average molecular weight is 333 g/mol. The van der Waals surface area contributed by atoms with Crippen molar-refractivity contribution in [1.82, 2.24) is 5.32 Å². The molecule has 0 spiro atoms. The zero-order valence-corrected chi connectivity index (χ0v) is 14.8. The van der Waals surface area contributed by atoms with Crippen molar-refractivity contribution in [3.8, 4) is 0 Å². The van der Waals surface area contributed by atoms with Gasteiger partial charge in [0.25, 0.3) is 0 Å². The second-order valence-electron chi connectivity index (χ2n) is 6.84. The van der Waals surface area contributed by atoms with E-state index in [0.29, 0.717) is 19.0 Å². The third-order valence-electron chi connectivity index (χ3n) is 5.26. The minimum absolute atomic E-state index is 0. The van der Waals surface area contributed by atoms with Crippen molar-refractivity contribution >= 4 is 18.3 Å². The number of carbonyl (C=O) groups is 1. The molecule has 0 heterocycles. The van der Waals surface area contributed by atoms with Crippen LogP contribution < -0.4 is 11.1 Å². The van der Waals surface area contributed by atoms with E-state index < -0.39 is 0 Å². The Morgan fingerprint density at radius 2 is 1.95 bits per heavy atom. The summed E-state index contributed by atoms with van der Waals surface area (Å²) in [6.45, 7) is 4.25. The van der Waals surface area contributed by atoms with Gasteiger partial charge in [-0.3, -0.25) is 4.79 Å². The number of nitrogens with one attached hydrogen (secondary N) is 1. The molecule has 4 nitrogen and oxygen atoms in total. The Labute approximate surface area is 141 Å². The molecule has 0 bridgehead atoms. The third-order valence-corrected chi connectivity index (χ3v) is 5.26. The lowest BCUT2D eigenvalue weighted by Crippen LogP contribution is -2.48. The first-order valence-electron chi connectivity index (χ1n) is 8.82. The number of carbonyl (C=O) groups excluding carboxylic acids is 1. The van der Waals surface area contributed by atoms with E-state index >= 15 is 0 Å². The van der Waals surface area contributed by atoms with Gasteiger partial charge in [0.2, 0.25) is 5.91 Å². The summed E-state index contributed by atoms with van der Waals surface area (Å²) in [5, 5.41) is 3.19. The molecule has 2 atom stereocenters. The Morgan fingerprint density at radius 1 is 1.23 bits per heavy atom. The lowest BCUT2D eigenvalue weighted by Gasteiger charge is -2.37. The quantitative estimate of drug-likeness (QED) is 0.753. The van der Waals surface area contributed by atoms with Gasteiger partial charge in [-0.15, -0.1) is 12.4 Å². The molecule has 0 saturated heterocycles. The Hall–Kier alpha value is -0.320. The molecular formula is C17H33ClN2O2. The van der Waals surface area contributed by atoms with Gasteiger partial charge in [0.15, 0.2) is 0 Å². The number of nitrogens with two attached hydrogens (primary N) is 1. The molecule has 3 N–H and O–H groups in total. The lowest BCUT2D eigenvalue weighted by molar-refractivity contribution is -0.129. The van der Waals surface area contributed by atoms with Gasteiger partial charge in [-0.25, -0.2) is 0 Å². The van der Waals surface area contributed by atoms with Crippen LogP contribution in [0, 0.1) is 11.8 Å². The van der Waals surface area contributed by atoms with E-state index in [9.17, 15) is 4.79 Å². The first-order chi connectivity index (χ1) is 10.2. The van der Waals surface area contributed by atoms with Crippen LogP contribution in [0.2, 0.25) is 0 Å². The maximum Gasteiger partial charge on any atom is 0.223 e. The van der Waals surface area contributed by atoms with Crippen molar-refractivity contribution in [3.05, 3.63) is 0 Å². The van der Waals surface area contributed by atoms with Gasteiger partial charge in [-0.1, -0.05) is 32.6 Å². The highest BCUT2D eigenvalue weighted by molar-refractivity contribution is 5.85. The molecule has 2 rings (SSSR count). The van der Waals surface area contributed by atoms with E-state index in [1.807, 2.05) is 0 Å². The van der Waals surface area contributed by atoms with Crippen LogP contribution in [0.15, 0.2) is 0 Å². The number of hydrogen-bond donors (Lipinski definition) is 2. The van der Waals surface area contributed by atoms with E-state index in [-0.39, 0.29) is 29.8 Å². The summed E-state index contributed by atoms with van der Waals surface area (Å²) in [7, 11) is 0. The Bertz CT molecular complexity index is 333. The summed E-state index contributed by atoms with van der Waals surface area (Å²) in [5.74, 6) is 0.707. The molecule has 0 aromatic rings. The molecule has 130 valence electrons. The molecule has 0 aliphatic heterocycles. The van der Waals surface area contributed by atoms with Crippen LogP contribution in [0.3, 0.4) is 0 Å². The molecule has 5 heteroatoms. The molecule has 2 aliphatic carbocycles. The molecule has 1 amide bonds. The fourth-order valence-corrected chi connectivity index (χ4v) is 3.93. The first kappa shape index (κ1) is 19.7. The normalized spacial score (nSPS) is 27.2. The molecule has 2 aliphatic rings. The number of rotatable bonds is 7. The molecule has 2 saturated carbocycles. The van der Waals surface area contributed by atoms with Crippen LogP contribution in [-0.4, -0.2) is 31.2 Å². The van der Waals surface area contributed by atoms with Crippen LogP contribution in [-0.2, 0) is 9.53 Å². The molecule has 0 radical (unpaired) electrons. The highest BCUT2D eigenvalue weighted by atomic mass is 35.5. The van der Waals surface area contributed by atoms with E-state index in [1.165, 1.54) is 19.3 Å². The average Bonchev–Trinajstić information content (AvgIpc) is 3.00. The topological polar surface area (TPSA) is 64.3 Å². The standard InChI is InChI=1S/C17H32N2O2.ClH/c1-2-11-21-17(9-4-3-5-10-17)13-19-16(20)15-8-6-7-14(15)12-18;/h14-15H,2-13,18H2,1H3,(H,19,20);1H/t14-,15-;/m1./s1. The molecular weight excluding hydrogens is 300 g/mol. The minimum atomic E-state index is -0.110. The van der Waals surface area contributed by atoms with E-state index in [4.69, 9.17) is 10.5 Å². The molecule has 22 heavy (non-hydrogen) atoms. The van der Waals surface area contributed by atoms with Gasteiger partial charge >= 0.3 is 0 Å². The van der Waals surface area contributed by atoms with Gasteiger partial charge in [0, 0.05) is 19.1 Å². The SMILES string of the molecule is CCCOC1(CNC(=O)[C@@H]2CCC[C@@H]2CN)CCCCC1.Cl. The zero-order valence-electron chi connectivity index (χ0n) is 13.9. The van der Waals surface area contributed by atoms with Crippen molar-refractivity contribution in [2.45, 2.75) is 70.3 Å². The van der Waals surface area contributed by atoms with Crippen LogP contribution in [0.5, 0.6) is 0 Å². The largest absolute Gasteiger partial charge is 0.373 e. The summed E-state index contributed by atoms with van der Waals surface area (Å²) in [4.78, 5) is 12.5. The van der Waals surface area contributed by atoms with Crippen molar-refractivity contribution in [2.75, 3.05) is 19.7 Å². The highest BCUT2D eigenvalue weighted by Crippen LogP contribution is 2.33. The fourth-order valence-electron chi connectivity index (χ4n) is 3.93. The minimum Gasteiger partial charge on any atom is -0.373 e. The van der Waals surface area contributed by atoms with E-state index in [2.05, 4.69) is 12.2 Å². The second-order valence-corrected chi connectivity index (χ2v) is 6.84. The van der Waals surface area contributed by atoms with Gasteiger partial charge in [-0.05, 0) is 44.6 Å². The number of amides is 1. The number of ether oxygens (including phenoxy) is 1. The van der Waals surface area contributed by atoms with Crippen LogP contribution in [0.25, 0.3) is 0 Å². The van der Waals surface area contributed by atoms with Crippen molar-refractivity contribution in [3.63, 3.8) is 0 Å². The van der Waals surface area contributed by atoms with Crippen LogP contribution in [0.1, 0.15) is 64.7 Å². The molecule has 0 aromatic carbocycles. The zero-order chi connectivity index (χ0) is 15.1. The smallest absolute Gasteiger partial charge is 0.223 e. The summed E-state index contributed by atoms with van der Waals surface area (Å²) in [6.07, 6.45) is 10.2. The highest BCUT2D eigenvalue weighted by Gasteiger charge is 2.36. The summed E-state index contributed by atoms with van der Waals surface area (Å²) in [5.41, 5.74) is 5.68. The van der Waals surface area contributed by atoms with Crippen molar-refractivity contribution in [1.29, 1.82) is 0 Å². The number of hydrogen-bond acceptors (Lipinski definition) is 3. The monoisotopic (exact) mass is 332 g/mol. The van der Waals surface area contributed by atoms with Gasteiger partial charge in [0.1, 0.15) is 0 Å². The number of halogens is 1. The maximum atomic E-state index is 12.5. The van der Waals surface area contributed by atoms with Crippen molar-refractivity contribution < 1.29 is 9.53 Å². The molecule has 0 unspecified atom stereocenters.